The summed E-state index contributed by atoms with van der Waals surface area (Å²) >= 11 is 0. The maximum Gasteiger partial charge on any atom is 0.227 e. The van der Waals surface area contributed by atoms with Crippen LogP contribution in [0.1, 0.15) is 32.1 Å². The highest BCUT2D eigenvalue weighted by Crippen LogP contribution is 2.34. The number of amides is 1. The van der Waals surface area contributed by atoms with E-state index in [1.165, 1.54) is 25.7 Å². The Labute approximate surface area is 127 Å². The fourth-order valence-corrected chi connectivity index (χ4v) is 4.56. The van der Waals surface area contributed by atoms with Crippen molar-refractivity contribution in [2.45, 2.75) is 50.3 Å². The highest BCUT2D eigenvalue weighted by Gasteiger charge is 2.44. The van der Waals surface area contributed by atoms with E-state index in [-0.39, 0.29) is 5.92 Å². The van der Waals surface area contributed by atoms with Gasteiger partial charge in [0.05, 0.1) is 12.0 Å². The van der Waals surface area contributed by atoms with Gasteiger partial charge in [-0.3, -0.25) is 9.69 Å². The second kappa shape index (κ2) is 5.86. The topological polar surface area (TPSA) is 44.8 Å². The van der Waals surface area contributed by atoms with E-state index < -0.39 is 0 Å². The first kappa shape index (κ1) is 14.0. The Hall–Kier alpha value is -0.650. The minimum atomic E-state index is 0.258. The van der Waals surface area contributed by atoms with E-state index in [1.807, 2.05) is 0 Å². The highest BCUT2D eigenvalue weighted by atomic mass is 16.5. The second-order valence-corrected chi connectivity index (χ2v) is 7.15. The van der Waals surface area contributed by atoms with Crippen molar-refractivity contribution in [1.82, 2.24) is 15.1 Å². The maximum absolute atomic E-state index is 12.7. The summed E-state index contributed by atoms with van der Waals surface area (Å²) in [5, 5.41) is 3.58. The molecule has 2 bridgehead atoms. The van der Waals surface area contributed by atoms with E-state index in [9.17, 15) is 4.79 Å². The molecule has 0 saturated carbocycles. The van der Waals surface area contributed by atoms with Crippen molar-refractivity contribution in [3.05, 3.63) is 0 Å². The van der Waals surface area contributed by atoms with Crippen LogP contribution in [0.25, 0.3) is 0 Å². The van der Waals surface area contributed by atoms with E-state index >= 15 is 0 Å². The minimum absolute atomic E-state index is 0.258. The molecule has 0 radical (unpaired) electrons. The quantitative estimate of drug-likeness (QED) is 0.821. The Kier molecular flexibility index (Phi) is 3.90. The first-order chi connectivity index (χ1) is 10.3. The Morgan fingerprint density at radius 1 is 1.14 bits per heavy atom. The Morgan fingerprint density at radius 2 is 2.00 bits per heavy atom. The Morgan fingerprint density at radius 3 is 2.62 bits per heavy atom. The van der Waals surface area contributed by atoms with Crippen LogP contribution in [0.2, 0.25) is 0 Å². The average molecular weight is 293 g/mol. The van der Waals surface area contributed by atoms with Crippen LogP contribution in [-0.2, 0) is 9.53 Å². The van der Waals surface area contributed by atoms with Gasteiger partial charge in [0.2, 0.25) is 5.91 Å². The lowest BCUT2D eigenvalue weighted by atomic mass is 9.88. The normalized spacial score (nSPS) is 40.1. The summed E-state index contributed by atoms with van der Waals surface area (Å²) in [5.41, 5.74) is 0. The van der Waals surface area contributed by atoms with E-state index in [0.717, 1.165) is 45.8 Å². The molecule has 4 atom stereocenters. The van der Waals surface area contributed by atoms with Crippen LogP contribution in [0.5, 0.6) is 0 Å². The molecule has 21 heavy (non-hydrogen) atoms. The monoisotopic (exact) mass is 293 g/mol. The van der Waals surface area contributed by atoms with Gasteiger partial charge < -0.3 is 15.0 Å². The van der Waals surface area contributed by atoms with Crippen molar-refractivity contribution in [3.8, 4) is 0 Å². The SMILES string of the molecule is O=C(C1CC2CCC1N2)N1CCN(CC2CCCO2)CC1. The third kappa shape index (κ3) is 2.83. The van der Waals surface area contributed by atoms with Crippen molar-refractivity contribution < 1.29 is 9.53 Å². The maximum atomic E-state index is 12.7. The molecule has 4 aliphatic heterocycles. The largest absolute Gasteiger partial charge is 0.377 e. The molecule has 1 N–H and O–H groups in total. The number of piperazine rings is 1. The van der Waals surface area contributed by atoms with Gasteiger partial charge in [0, 0.05) is 51.4 Å². The van der Waals surface area contributed by atoms with E-state index in [2.05, 4.69) is 15.1 Å². The first-order valence-electron chi connectivity index (χ1n) is 8.68. The standard InChI is InChI=1S/C16H27N3O2/c20-16(14-10-12-3-4-15(14)17-12)19-7-5-18(6-8-19)11-13-2-1-9-21-13/h12-15,17H,1-11H2. The predicted molar refractivity (Wildman–Crippen MR) is 80.0 cm³/mol. The number of hydrogen-bond donors (Lipinski definition) is 1. The van der Waals surface area contributed by atoms with Crippen LogP contribution < -0.4 is 5.32 Å². The summed E-state index contributed by atoms with van der Waals surface area (Å²) in [7, 11) is 0. The summed E-state index contributed by atoms with van der Waals surface area (Å²) in [5.74, 6) is 0.667. The van der Waals surface area contributed by atoms with Crippen molar-refractivity contribution >= 4 is 5.91 Å². The van der Waals surface area contributed by atoms with Crippen LogP contribution in [0.4, 0.5) is 0 Å². The molecule has 0 aromatic carbocycles. The fourth-order valence-electron chi connectivity index (χ4n) is 4.56. The number of ether oxygens (including phenoxy) is 1. The average Bonchev–Trinajstić information content (AvgIpc) is 3.25. The molecule has 4 aliphatic rings. The lowest BCUT2D eigenvalue weighted by Crippen LogP contribution is -2.52. The number of rotatable bonds is 3. The second-order valence-electron chi connectivity index (χ2n) is 7.15. The van der Waals surface area contributed by atoms with Gasteiger partial charge in [-0.1, -0.05) is 0 Å². The van der Waals surface area contributed by atoms with Gasteiger partial charge in [-0.05, 0) is 32.1 Å². The number of carbonyl (C=O) groups excluding carboxylic acids is 1. The molecule has 4 unspecified atom stereocenters. The summed E-state index contributed by atoms with van der Waals surface area (Å²) < 4.78 is 5.71. The van der Waals surface area contributed by atoms with Gasteiger partial charge in [0.15, 0.2) is 0 Å². The van der Waals surface area contributed by atoms with Crippen LogP contribution >= 0.6 is 0 Å². The summed E-state index contributed by atoms with van der Waals surface area (Å²) in [6.45, 7) is 5.82. The number of hydrogen-bond acceptors (Lipinski definition) is 4. The molecule has 0 spiro atoms. The zero-order chi connectivity index (χ0) is 14.2. The highest BCUT2D eigenvalue weighted by molar-refractivity contribution is 5.80. The number of fused-ring (bicyclic) bond motifs is 2. The van der Waals surface area contributed by atoms with Gasteiger partial charge >= 0.3 is 0 Å². The minimum Gasteiger partial charge on any atom is -0.377 e. The predicted octanol–water partition coefficient (Wildman–Crippen LogP) is 0.450. The first-order valence-corrected chi connectivity index (χ1v) is 8.68. The molecule has 4 rings (SSSR count). The molecule has 4 saturated heterocycles. The lowest BCUT2D eigenvalue weighted by molar-refractivity contribution is -0.138. The molecule has 0 aromatic heterocycles. The number of nitrogens with one attached hydrogen (secondary N) is 1. The van der Waals surface area contributed by atoms with Crippen molar-refractivity contribution in [1.29, 1.82) is 0 Å². The molecule has 4 fully saturated rings. The van der Waals surface area contributed by atoms with Crippen molar-refractivity contribution in [3.63, 3.8) is 0 Å². The van der Waals surface area contributed by atoms with E-state index in [1.54, 1.807) is 0 Å². The molecular weight excluding hydrogens is 266 g/mol. The van der Waals surface area contributed by atoms with Gasteiger partial charge in [-0.15, -0.1) is 0 Å². The fraction of sp³-hybridized carbons (Fsp3) is 0.938. The van der Waals surface area contributed by atoms with E-state index in [4.69, 9.17) is 4.74 Å². The van der Waals surface area contributed by atoms with Crippen molar-refractivity contribution in [2.75, 3.05) is 39.3 Å². The molecule has 118 valence electrons. The zero-order valence-corrected chi connectivity index (χ0v) is 12.8. The summed E-state index contributed by atoms with van der Waals surface area (Å²) in [6.07, 6.45) is 6.38. The van der Waals surface area contributed by atoms with Gasteiger partial charge in [0.1, 0.15) is 0 Å². The lowest BCUT2D eigenvalue weighted by Gasteiger charge is -2.37. The summed E-state index contributed by atoms with van der Waals surface area (Å²) in [6, 6.07) is 1.08. The molecule has 4 heterocycles. The smallest absolute Gasteiger partial charge is 0.227 e. The number of nitrogens with zero attached hydrogens (tertiary/aromatic N) is 2. The van der Waals surface area contributed by atoms with Crippen LogP contribution in [0.3, 0.4) is 0 Å². The van der Waals surface area contributed by atoms with Gasteiger partial charge in [0.25, 0.3) is 0 Å². The van der Waals surface area contributed by atoms with Crippen LogP contribution in [0.15, 0.2) is 0 Å². The Bertz CT molecular complexity index is 389. The zero-order valence-electron chi connectivity index (χ0n) is 12.8. The Balaban J connectivity index is 1.26. The molecule has 5 nitrogen and oxygen atoms in total. The van der Waals surface area contributed by atoms with Crippen LogP contribution in [0, 0.1) is 5.92 Å². The molecule has 5 heteroatoms. The number of carbonyl (C=O) groups is 1. The third-order valence-electron chi connectivity index (χ3n) is 5.79. The van der Waals surface area contributed by atoms with Crippen molar-refractivity contribution in [2.24, 2.45) is 5.92 Å². The third-order valence-corrected chi connectivity index (χ3v) is 5.79. The van der Waals surface area contributed by atoms with E-state index in [0.29, 0.717) is 24.1 Å². The molecule has 1 amide bonds. The van der Waals surface area contributed by atoms with Gasteiger partial charge in [-0.25, -0.2) is 0 Å². The summed E-state index contributed by atoms with van der Waals surface area (Å²) in [4.78, 5) is 17.3. The molecular formula is C16H27N3O2. The van der Waals surface area contributed by atoms with Crippen LogP contribution in [-0.4, -0.2) is 73.2 Å². The molecule has 0 aromatic rings. The van der Waals surface area contributed by atoms with Gasteiger partial charge in [-0.2, -0.15) is 0 Å². The molecule has 0 aliphatic carbocycles.